The summed E-state index contributed by atoms with van der Waals surface area (Å²) >= 11 is 2.90. The van der Waals surface area contributed by atoms with E-state index in [0.29, 0.717) is 34.8 Å². The molecule has 7 nitrogen and oxygen atoms in total. The maximum Gasteiger partial charge on any atom is 0.235 e. The fourth-order valence-electron chi connectivity index (χ4n) is 4.63. The molecule has 3 aromatic rings. The molecule has 9 heteroatoms. The Kier molecular flexibility index (Phi) is 8.29. The summed E-state index contributed by atoms with van der Waals surface area (Å²) in [5, 5.41) is 22.7. The molecule has 0 saturated carbocycles. The van der Waals surface area contributed by atoms with E-state index in [1.807, 2.05) is 29.7 Å². The number of aromatic nitrogens is 3. The Bertz CT molecular complexity index is 1330. The number of hydrogen-bond acceptors (Lipinski definition) is 7. The molecule has 0 radical (unpaired) electrons. The highest BCUT2D eigenvalue weighted by molar-refractivity contribution is 7.99. The number of nitriles is 1. The summed E-state index contributed by atoms with van der Waals surface area (Å²) in [4.78, 5) is 14.1. The molecule has 1 N–H and O–H groups in total. The SMILES string of the molecule is CCn1c(COc2ccc(C)c(C)c2)nnc1SCC(=O)Nc1sc2c(c1C#N)CCC(C(C)(C)C)C2. The lowest BCUT2D eigenvalue weighted by atomic mass is 9.72. The first-order valence-electron chi connectivity index (χ1n) is 12.7. The number of aryl methyl sites for hydroxylation is 2. The Hall–Kier alpha value is -2.83. The number of ether oxygens (including phenoxy) is 1. The first-order chi connectivity index (χ1) is 17.6. The Labute approximate surface area is 227 Å². The highest BCUT2D eigenvalue weighted by atomic mass is 32.2. The van der Waals surface area contributed by atoms with Crippen molar-refractivity contribution < 1.29 is 9.53 Å². The number of thioether (sulfide) groups is 1. The van der Waals surface area contributed by atoms with Crippen LogP contribution in [-0.2, 0) is 30.8 Å². The molecule has 1 aromatic carbocycles. The monoisotopic (exact) mass is 537 g/mol. The molecule has 2 heterocycles. The van der Waals surface area contributed by atoms with Crippen LogP contribution in [0.2, 0.25) is 0 Å². The number of carbonyl (C=O) groups excluding carboxylic acids is 1. The van der Waals surface area contributed by atoms with Gasteiger partial charge in [0, 0.05) is 11.4 Å². The number of benzene rings is 1. The van der Waals surface area contributed by atoms with Crippen molar-refractivity contribution in [3.8, 4) is 11.8 Å². The molecule has 0 bridgehead atoms. The van der Waals surface area contributed by atoms with Gasteiger partial charge in [-0.15, -0.1) is 21.5 Å². The predicted octanol–water partition coefficient (Wildman–Crippen LogP) is 6.31. The van der Waals surface area contributed by atoms with E-state index in [1.54, 1.807) is 11.3 Å². The molecule has 1 aliphatic carbocycles. The van der Waals surface area contributed by atoms with Crippen LogP contribution in [0.3, 0.4) is 0 Å². The first-order valence-corrected chi connectivity index (χ1v) is 14.5. The molecule has 0 spiro atoms. The van der Waals surface area contributed by atoms with Crippen molar-refractivity contribution in [2.45, 2.75) is 79.1 Å². The Balaban J connectivity index is 1.38. The molecule has 0 fully saturated rings. The zero-order chi connectivity index (χ0) is 26.7. The number of anilines is 1. The van der Waals surface area contributed by atoms with Crippen LogP contribution in [0, 0.1) is 36.5 Å². The van der Waals surface area contributed by atoms with Crippen LogP contribution >= 0.6 is 23.1 Å². The number of carbonyl (C=O) groups is 1. The van der Waals surface area contributed by atoms with Gasteiger partial charge < -0.3 is 14.6 Å². The highest BCUT2D eigenvalue weighted by Gasteiger charge is 2.32. The number of amides is 1. The quantitative estimate of drug-likeness (QED) is 0.339. The number of thiophene rings is 1. The summed E-state index contributed by atoms with van der Waals surface area (Å²) in [6.45, 7) is 14.0. The smallest absolute Gasteiger partial charge is 0.235 e. The van der Waals surface area contributed by atoms with Gasteiger partial charge in [0.15, 0.2) is 11.0 Å². The average Bonchev–Trinajstić information content (AvgIpc) is 3.41. The molecule has 0 saturated heterocycles. The third-order valence-electron chi connectivity index (χ3n) is 7.14. The lowest BCUT2D eigenvalue weighted by Gasteiger charge is -2.33. The third-order valence-corrected chi connectivity index (χ3v) is 9.28. The van der Waals surface area contributed by atoms with Gasteiger partial charge in [-0.1, -0.05) is 38.6 Å². The van der Waals surface area contributed by atoms with E-state index in [1.165, 1.54) is 27.8 Å². The minimum atomic E-state index is -0.147. The van der Waals surface area contributed by atoms with Gasteiger partial charge in [0.2, 0.25) is 5.91 Å². The summed E-state index contributed by atoms with van der Waals surface area (Å²) in [5.41, 5.74) is 4.38. The molecule has 1 atom stereocenters. The number of hydrogen-bond donors (Lipinski definition) is 1. The Morgan fingerprint density at radius 1 is 1.30 bits per heavy atom. The minimum absolute atomic E-state index is 0.147. The number of rotatable bonds is 8. The van der Waals surface area contributed by atoms with Crippen LogP contribution in [0.1, 0.15) is 67.1 Å². The molecule has 1 unspecified atom stereocenters. The molecule has 4 rings (SSSR count). The maximum atomic E-state index is 12.9. The summed E-state index contributed by atoms with van der Waals surface area (Å²) in [6, 6.07) is 8.35. The topological polar surface area (TPSA) is 92.8 Å². The summed E-state index contributed by atoms with van der Waals surface area (Å²) < 4.78 is 7.91. The van der Waals surface area contributed by atoms with Gasteiger partial charge in [-0.3, -0.25) is 4.79 Å². The van der Waals surface area contributed by atoms with E-state index < -0.39 is 0 Å². The van der Waals surface area contributed by atoms with Gasteiger partial charge >= 0.3 is 0 Å². The van der Waals surface area contributed by atoms with Crippen molar-refractivity contribution in [1.29, 1.82) is 5.26 Å². The highest BCUT2D eigenvalue weighted by Crippen LogP contribution is 2.44. The number of fused-ring (bicyclic) bond motifs is 1. The fraction of sp³-hybridized carbons (Fsp3) is 0.500. The van der Waals surface area contributed by atoms with Crippen LogP contribution in [-0.4, -0.2) is 26.4 Å². The van der Waals surface area contributed by atoms with Crippen LogP contribution < -0.4 is 10.1 Å². The van der Waals surface area contributed by atoms with Crippen molar-refractivity contribution in [3.05, 3.63) is 51.2 Å². The van der Waals surface area contributed by atoms with Crippen LogP contribution in [0.15, 0.2) is 23.4 Å². The standard InChI is InChI=1S/C28H35N5O2S2/c1-7-33-24(15-35-20-10-8-17(2)18(3)12-20)31-32-27(33)36-16-25(34)30-26-22(14-29)21-11-9-19(28(4,5)6)13-23(21)37-26/h8,10,12,19H,7,9,11,13,15-16H2,1-6H3,(H,30,34). The van der Waals surface area contributed by atoms with Gasteiger partial charge in [-0.25, -0.2) is 0 Å². The molecular formula is C28H35N5O2S2. The zero-order valence-corrected chi connectivity index (χ0v) is 24.1. The van der Waals surface area contributed by atoms with Crippen LogP contribution in [0.5, 0.6) is 5.75 Å². The molecule has 1 aliphatic rings. The van der Waals surface area contributed by atoms with Crippen molar-refractivity contribution in [2.24, 2.45) is 11.3 Å². The van der Waals surface area contributed by atoms with Crippen LogP contribution in [0.25, 0.3) is 0 Å². The molecule has 37 heavy (non-hydrogen) atoms. The molecule has 1 amide bonds. The molecule has 196 valence electrons. The maximum absolute atomic E-state index is 12.9. The normalized spacial score (nSPS) is 15.2. The predicted molar refractivity (Wildman–Crippen MR) is 149 cm³/mol. The van der Waals surface area contributed by atoms with Crippen molar-refractivity contribution in [1.82, 2.24) is 14.8 Å². The summed E-state index contributed by atoms with van der Waals surface area (Å²) in [6.07, 6.45) is 2.94. The fourth-order valence-corrected chi connectivity index (χ4v) is 6.74. The Morgan fingerprint density at radius 2 is 2.08 bits per heavy atom. The summed E-state index contributed by atoms with van der Waals surface area (Å²) in [7, 11) is 0. The van der Waals surface area contributed by atoms with Crippen LogP contribution in [0.4, 0.5) is 5.00 Å². The van der Waals surface area contributed by atoms with Crippen molar-refractivity contribution in [2.75, 3.05) is 11.1 Å². The lowest BCUT2D eigenvalue weighted by Crippen LogP contribution is -2.26. The average molecular weight is 538 g/mol. The van der Waals surface area contributed by atoms with E-state index in [2.05, 4.69) is 56.2 Å². The molecule has 0 aliphatic heterocycles. The zero-order valence-electron chi connectivity index (χ0n) is 22.5. The molecular weight excluding hydrogens is 502 g/mol. The lowest BCUT2D eigenvalue weighted by molar-refractivity contribution is -0.113. The number of nitrogens with one attached hydrogen (secondary N) is 1. The van der Waals surface area contributed by atoms with E-state index in [0.717, 1.165) is 36.4 Å². The van der Waals surface area contributed by atoms with Gasteiger partial charge in [0.1, 0.15) is 23.4 Å². The van der Waals surface area contributed by atoms with Gasteiger partial charge in [0.05, 0.1) is 11.3 Å². The minimum Gasteiger partial charge on any atom is -0.486 e. The number of nitrogens with zero attached hydrogens (tertiary/aromatic N) is 4. The van der Waals surface area contributed by atoms with Gasteiger partial charge in [-0.2, -0.15) is 5.26 Å². The third kappa shape index (κ3) is 6.19. The van der Waals surface area contributed by atoms with E-state index in [4.69, 9.17) is 4.74 Å². The van der Waals surface area contributed by atoms with E-state index >= 15 is 0 Å². The van der Waals surface area contributed by atoms with Gasteiger partial charge in [-0.05, 0) is 80.2 Å². The van der Waals surface area contributed by atoms with E-state index in [9.17, 15) is 10.1 Å². The Morgan fingerprint density at radius 3 is 2.76 bits per heavy atom. The molecule has 2 aromatic heterocycles. The second kappa shape index (κ2) is 11.3. The van der Waals surface area contributed by atoms with E-state index in [-0.39, 0.29) is 17.1 Å². The van der Waals surface area contributed by atoms with Crippen molar-refractivity contribution in [3.63, 3.8) is 0 Å². The van der Waals surface area contributed by atoms with Crippen molar-refractivity contribution >= 4 is 34.0 Å². The first kappa shape index (κ1) is 27.2. The second-order valence-electron chi connectivity index (χ2n) is 10.6. The second-order valence-corrected chi connectivity index (χ2v) is 12.7. The summed E-state index contributed by atoms with van der Waals surface area (Å²) in [5.74, 6) is 2.13. The van der Waals surface area contributed by atoms with Gasteiger partial charge in [0.25, 0.3) is 0 Å². The largest absolute Gasteiger partial charge is 0.486 e.